The Morgan fingerprint density at radius 1 is 0.800 bits per heavy atom. The molecule has 3 aromatic carbocycles. The predicted octanol–water partition coefficient (Wildman–Crippen LogP) is 2.67. The molecule has 1 amide bonds. The van der Waals surface area contributed by atoms with Crippen LogP contribution in [0, 0.1) is 11.6 Å². The lowest BCUT2D eigenvalue weighted by Gasteiger charge is -2.38. The van der Waals surface area contributed by atoms with Crippen LogP contribution < -0.4 is 5.32 Å². The topological polar surface area (TPSA) is 104 Å². The predicted molar refractivity (Wildman–Crippen MR) is 124 cm³/mol. The highest BCUT2D eigenvalue weighted by molar-refractivity contribution is 7.89. The maximum absolute atomic E-state index is 14.2. The zero-order valence-electron chi connectivity index (χ0n) is 18.2. The van der Waals surface area contributed by atoms with Crippen molar-refractivity contribution in [3.63, 3.8) is 0 Å². The molecule has 0 aliphatic carbocycles. The molecule has 1 aliphatic heterocycles. The fourth-order valence-corrected chi connectivity index (χ4v) is 6.79. The van der Waals surface area contributed by atoms with Crippen LogP contribution in [-0.4, -0.2) is 57.0 Å². The van der Waals surface area contributed by atoms with Gasteiger partial charge in [0.15, 0.2) is 0 Å². The molecule has 184 valence electrons. The Balaban J connectivity index is 1.70. The van der Waals surface area contributed by atoms with E-state index in [1.54, 1.807) is 24.3 Å². The van der Waals surface area contributed by atoms with Crippen molar-refractivity contribution < 1.29 is 30.4 Å². The highest BCUT2D eigenvalue weighted by Crippen LogP contribution is 2.26. The SMILES string of the molecule is O=C(Nc1ccc(F)cc1F)[C@@H]1CN(S(=O)(=O)c2ccccc2)CCN1S(=O)(=O)c1ccccc1. The van der Waals surface area contributed by atoms with Crippen LogP contribution in [0.1, 0.15) is 0 Å². The molecular weight excluding hydrogens is 500 g/mol. The van der Waals surface area contributed by atoms with Gasteiger partial charge in [0.05, 0.1) is 15.5 Å². The number of sulfonamides is 2. The van der Waals surface area contributed by atoms with E-state index in [9.17, 15) is 30.4 Å². The van der Waals surface area contributed by atoms with Crippen molar-refractivity contribution in [3.05, 3.63) is 90.5 Å². The molecule has 0 aromatic heterocycles. The van der Waals surface area contributed by atoms with E-state index in [0.717, 1.165) is 20.7 Å². The number of piperazine rings is 1. The van der Waals surface area contributed by atoms with E-state index in [1.165, 1.54) is 36.4 Å². The van der Waals surface area contributed by atoms with Crippen LogP contribution in [0.3, 0.4) is 0 Å². The van der Waals surface area contributed by atoms with E-state index < -0.39 is 50.2 Å². The number of nitrogens with zero attached hydrogens (tertiary/aromatic N) is 2. The van der Waals surface area contributed by atoms with E-state index >= 15 is 0 Å². The summed E-state index contributed by atoms with van der Waals surface area (Å²) in [6.07, 6.45) is 0. The van der Waals surface area contributed by atoms with Crippen LogP contribution in [0.4, 0.5) is 14.5 Å². The third-order valence-electron chi connectivity index (χ3n) is 5.52. The largest absolute Gasteiger partial charge is 0.322 e. The van der Waals surface area contributed by atoms with Gasteiger partial charge in [-0.05, 0) is 36.4 Å². The Hall–Kier alpha value is -3.19. The Morgan fingerprint density at radius 2 is 1.37 bits per heavy atom. The molecule has 12 heteroatoms. The molecule has 1 atom stereocenters. The third-order valence-corrected chi connectivity index (χ3v) is 9.32. The van der Waals surface area contributed by atoms with Crippen molar-refractivity contribution in [2.45, 2.75) is 15.8 Å². The molecule has 0 spiro atoms. The number of benzene rings is 3. The summed E-state index contributed by atoms with van der Waals surface area (Å²) in [4.78, 5) is 13.1. The standard InChI is InChI=1S/C23H21F2N3O5S2/c24-17-11-12-21(20(25)15-17)26-23(29)22-16-27(34(30,31)18-7-3-1-4-8-18)13-14-28(22)35(32,33)19-9-5-2-6-10-19/h1-12,15,22H,13-14,16H2,(H,26,29)/t22-/m0/s1. The van der Waals surface area contributed by atoms with Gasteiger partial charge in [0.25, 0.3) is 0 Å². The summed E-state index contributed by atoms with van der Waals surface area (Å²) < 4.78 is 82.4. The summed E-state index contributed by atoms with van der Waals surface area (Å²) in [5.74, 6) is -2.87. The summed E-state index contributed by atoms with van der Waals surface area (Å²) in [6, 6.07) is 15.9. The molecule has 1 aliphatic rings. The molecule has 4 rings (SSSR count). The maximum atomic E-state index is 14.2. The quantitative estimate of drug-likeness (QED) is 0.537. The number of hydrogen-bond acceptors (Lipinski definition) is 5. The minimum Gasteiger partial charge on any atom is -0.322 e. The molecule has 1 heterocycles. The summed E-state index contributed by atoms with van der Waals surface area (Å²) in [5.41, 5.74) is -0.364. The highest BCUT2D eigenvalue weighted by Gasteiger charge is 2.43. The van der Waals surface area contributed by atoms with Gasteiger partial charge in [0.1, 0.15) is 17.7 Å². The van der Waals surface area contributed by atoms with E-state index in [0.29, 0.717) is 6.07 Å². The van der Waals surface area contributed by atoms with Gasteiger partial charge in [0.2, 0.25) is 26.0 Å². The molecule has 3 aromatic rings. The lowest BCUT2D eigenvalue weighted by atomic mass is 10.2. The van der Waals surface area contributed by atoms with Gasteiger partial charge in [-0.25, -0.2) is 25.6 Å². The molecule has 35 heavy (non-hydrogen) atoms. The van der Waals surface area contributed by atoms with Crippen LogP contribution in [0.25, 0.3) is 0 Å². The van der Waals surface area contributed by atoms with Gasteiger partial charge in [0, 0.05) is 25.7 Å². The fraction of sp³-hybridized carbons (Fsp3) is 0.174. The molecule has 1 saturated heterocycles. The number of nitrogens with one attached hydrogen (secondary N) is 1. The lowest BCUT2D eigenvalue weighted by molar-refractivity contribution is -0.120. The van der Waals surface area contributed by atoms with E-state index in [1.807, 2.05) is 0 Å². The van der Waals surface area contributed by atoms with Crippen molar-refractivity contribution >= 4 is 31.6 Å². The summed E-state index contributed by atoms with van der Waals surface area (Å²) in [7, 11) is -8.24. The number of carbonyl (C=O) groups is 1. The van der Waals surface area contributed by atoms with Crippen LogP contribution >= 0.6 is 0 Å². The molecule has 1 fully saturated rings. The first-order valence-electron chi connectivity index (χ1n) is 10.5. The van der Waals surface area contributed by atoms with Gasteiger partial charge in [-0.3, -0.25) is 4.79 Å². The molecule has 8 nitrogen and oxygen atoms in total. The monoisotopic (exact) mass is 521 g/mol. The molecular formula is C23H21F2N3O5S2. The van der Waals surface area contributed by atoms with E-state index in [-0.39, 0.29) is 28.6 Å². The van der Waals surface area contributed by atoms with Crippen molar-refractivity contribution in [2.75, 3.05) is 25.0 Å². The number of carbonyl (C=O) groups excluding carboxylic acids is 1. The number of amides is 1. The van der Waals surface area contributed by atoms with Crippen molar-refractivity contribution in [1.29, 1.82) is 0 Å². The van der Waals surface area contributed by atoms with Crippen molar-refractivity contribution in [1.82, 2.24) is 8.61 Å². The fourth-order valence-electron chi connectivity index (χ4n) is 3.74. The second kappa shape index (κ2) is 9.82. The minimum atomic E-state index is -4.20. The molecule has 1 N–H and O–H groups in total. The zero-order valence-corrected chi connectivity index (χ0v) is 19.8. The number of hydrogen-bond donors (Lipinski definition) is 1. The second-order valence-corrected chi connectivity index (χ2v) is 11.6. The number of anilines is 1. The van der Waals surface area contributed by atoms with Gasteiger partial charge in [-0.15, -0.1) is 0 Å². The number of halogens is 2. The first-order chi connectivity index (χ1) is 16.6. The zero-order chi connectivity index (χ0) is 25.2. The Bertz CT molecular complexity index is 1440. The van der Waals surface area contributed by atoms with E-state index in [2.05, 4.69) is 5.32 Å². The van der Waals surface area contributed by atoms with Gasteiger partial charge in [-0.1, -0.05) is 36.4 Å². The minimum absolute atomic E-state index is 0.0110. The Morgan fingerprint density at radius 3 is 1.94 bits per heavy atom. The Kier molecular flexibility index (Phi) is 6.99. The molecule has 0 saturated carbocycles. The third kappa shape index (κ3) is 5.10. The lowest BCUT2D eigenvalue weighted by Crippen LogP contribution is -2.60. The van der Waals surface area contributed by atoms with Crippen LogP contribution in [0.2, 0.25) is 0 Å². The average Bonchev–Trinajstić information content (AvgIpc) is 2.86. The van der Waals surface area contributed by atoms with Crippen LogP contribution in [0.15, 0.2) is 88.7 Å². The van der Waals surface area contributed by atoms with Crippen LogP contribution in [-0.2, 0) is 24.8 Å². The van der Waals surface area contributed by atoms with Crippen molar-refractivity contribution in [2.24, 2.45) is 0 Å². The first-order valence-corrected chi connectivity index (χ1v) is 13.4. The first kappa shape index (κ1) is 24.9. The molecule has 0 radical (unpaired) electrons. The van der Waals surface area contributed by atoms with Crippen molar-refractivity contribution in [3.8, 4) is 0 Å². The smallest absolute Gasteiger partial charge is 0.244 e. The second-order valence-electron chi connectivity index (χ2n) is 7.73. The normalized spacial score (nSPS) is 17.7. The Labute approximate surface area is 201 Å². The summed E-state index contributed by atoms with van der Waals surface area (Å²) >= 11 is 0. The van der Waals surface area contributed by atoms with Gasteiger partial charge < -0.3 is 5.32 Å². The maximum Gasteiger partial charge on any atom is 0.244 e. The van der Waals surface area contributed by atoms with Gasteiger partial charge in [-0.2, -0.15) is 8.61 Å². The molecule has 0 bridgehead atoms. The van der Waals surface area contributed by atoms with Gasteiger partial charge >= 0.3 is 0 Å². The summed E-state index contributed by atoms with van der Waals surface area (Å²) in [5, 5.41) is 2.26. The number of rotatable bonds is 6. The molecule has 0 unspecified atom stereocenters. The average molecular weight is 522 g/mol. The highest BCUT2D eigenvalue weighted by atomic mass is 32.2. The van der Waals surface area contributed by atoms with Crippen LogP contribution in [0.5, 0.6) is 0 Å². The summed E-state index contributed by atoms with van der Waals surface area (Å²) in [6.45, 7) is -1.01. The van der Waals surface area contributed by atoms with E-state index in [4.69, 9.17) is 0 Å².